The Morgan fingerprint density at radius 2 is 1.96 bits per heavy atom. The van der Waals surface area contributed by atoms with E-state index in [0.29, 0.717) is 11.1 Å². The zero-order chi connectivity index (χ0) is 16.4. The van der Waals surface area contributed by atoms with Gasteiger partial charge >= 0.3 is 11.6 Å². The second-order valence-electron chi connectivity index (χ2n) is 5.31. The van der Waals surface area contributed by atoms with E-state index in [9.17, 15) is 9.59 Å². The molecule has 5 nitrogen and oxygen atoms in total. The van der Waals surface area contributed by atoms with E-state index in [1.165, 1.54) is 12.3 Å². The van der Waals surface area contributed by atoms with E-state index in [-0.39, 0.29) is 12.3 Å². The lowest BCUT2D eigenvalue weighted by molar-refractivity contribution is 0.0467. The number of carbonyl (C=O) groups is 1. The standard InChI is InChI=1S/C18H15NO4/c1-11-7-14-13(9-17(20)23-16(14)8-12(11)2)10-22-18(21)15-5-3-4-6-19-15/h3-9H,10H2,1-2H3. The van der Waals surface area contributed by atoms with Crippen molar-refractivity contribution >= 4 is 16.9 Å². The normalized spacial score (nSPS) is 10.7. The van der Waals surface area contributed by atoms with Gasteiger partial charge in [0, 0.05) is 23.2 Å². The molecule has 0 saturated carbocycles. The second kappa shape index (κ2) is 6.04. The highest BCUT2D eigenvalue weighted by atomic mass is 16.5. The Kier molecular flexibility index (Phi) is 3.93. The molecular weight excluding hydrogens is 294 g/mol. The first-order valence-corrected chi connectivity index (χ1v) is 7.17. The number of esters is 1. The highest BCUT2D eigenvalue weighted by Crippen LogP contribution is 2.22. The van der Waals surface area contributed by atoms with Crippen LogP contribution in [0.25, 0.3) is 11.0 Å². The van der Waals surface area contributed by atoms with Crippen LogP contribution in [-0.2, 0) is 11.3 Å². The molecule has 5 heteroatoms. The molecule has 0 aliphatic carbocycles. The number of hydrogen-bond donors (Lipinski definition) is 0. The summed E-state index contributed by atoms with van der Waals surface area (Å²) in [5.74, 6) is -0.532. The van der Waals surface area contributed by atoms with Crippen molar-refractivity contribution in [3.8, 4) is 0 Å². The lowest BCUT2D eigenvalue weighted by Gasteiger charge is -2.09. The molecule has 0 aliphatic rings. The molecule has 0 fully saturated rings. The molecule has 0 atom stereocenters. The van der Waals surface area contributed by atoms with E-state index in [1.54, 1.807) is 18.2 Å². The van der Waals surface area contributed by atoms with Crippen LogP contribution in [-0.4, -0.2) is 11.0 Å². The summed E-state index contributed by atoms with van der Waals surface area (Å²) in [6.45, 7) is 3.91. The quantitative estimate of drug-likeness (QED) is 0.549. The SMILES string of the molecule is Cc1cc2oc(=O)cc(COC(=O)c3ccccn3)c2cc1C. The van der Waals surface area contributed by atoms with Crippen molar-refractivity contribution in [1.82, 2.24) is 4.98 Å². The van der Waals surface area contributed by atoms with E-state index in [2.05, 4.69) is 4.98 Å². The number of carbonyl (C=O) groups excluding carboxylic acids is 1. The smallest absolute Gasteiger partial charge is 0.357 e. The van der Waals surface area contributed by atoms with Gasteiger partial charge in [0.1, 0.15) is 17.9 Å². The van der Waals surface area contributed by atoms with Gasteiger partial charge in [-0.15, -0.1) is 0 Å². The van der Waals surface area contributed by atoms with E-state index in [0.717, 1.165) is 16.5 Å². The molecule has 0 radical (unpaired) electrons. The van der Waals surface area contributed by atoms with Crippen molar-refractivity contribution in [1.29, 1.82) is 0 Å². The van der Waals surface area contributed by atoms with Gasteiger partial charge in [0.25, 0.3) is 0 Å². The maximum absolute atomic E-state index is 12.0. The van der Waals surface area contributed by atoms with Gasteiger partial charge in [-0.2, -0.15) is 0 Å². The Balaban J connectivity index is 1.92. The number of aromatic nitrogens is 1. The third kappa shape index (κ3) is 3.13. The predicted octanol–water partition coefficient (Wildman–Crippen LogP) is 3.16. The lowest BCUT2D eigenvalue weighted by atomic mass is 10.0. The Hall–Kier alpha value is -2.95. The van der Waals surface area contributed by atoms with Gasteiger partial charge < -0.3 is 9.15 Å². The molecule has 3 aromatic rings. The van der Waals surface area contributed by atoms with Crippen LogP contribution in [0.1, 0.15) is 27.2 Å². The molecule has 2 heterocycles. The van der Waals surface area contributed by atoms with Crippen LogP contribution in [0.5, 0.6) is 0 Å². The monoisotopic (exact) mass is 309 g/mol. The molecule has 0 amide bonds. The van der Waals surface area contributed by atoms with Gasteiger partial charge in [-0.1, -0.05) is 6.07 Å². The largest absolute Gasteiger partial charge is 0.456 e. The summed E-state index contributed by atoms with van der Waals surface area (Å²) < 4.78 is 10.5. The van der Waals surface area contributed by atoms with Crippen LogP contribution < -0.4 is 5.63 Å². The summed E-state index contributed by atoms with van der Waals surface area (Å²) in [6, 6.07) is 10.1. The minimum atomic E-state index is -0.532. The molecule has 0 unspecified atom stereocenters. The Morgan fingerprint density at radius 1 is 1.17 bits per heavy atom. The van der Waals surface area contributed by atoms with Gasteiger partial charge in [0.2, 0.25) is 0 Å². The number of pyridine rings is 1. The fourth-order valence-corrected chi connectivity index (χ4v) is 2.30. The highest BCUT2D eigenvalue weighted by molar-refractivity contribution is 5.87. The maximum Gasteiger partial charge on any atom is 0.357 e. The summed E-state index contributed by atoms with van der Waals surface area (Å²) >= 11 is 0. The molecule has 0 aliphatic heterocycles. The molecule has 0 N–H and O–H groups in total. The number of ether oxygens (including phenoxy) is 1. The highest BCUT2D eigenvalue weighted by Gasteiger charge is 2.12. The summed E-state index contributed by atoms with van der Waals surface area (Å²) in [6.07, 6.45) is 1.52. The van der Waals surface area contributed by atoms with Crippen molar-refractivity contribution in [3.05, 3.63) is 75.4 Å². The van der Waals surface area contributed by atoms with Gasteiger partial charge in [0.05, 0.1) is 0 Å². The van der Waals surface area contributed by atoms with Crippen LogP contribution in [0.3, 0.4) is 0 Å². The summed E-state index contributed by atoms with van der Waals surface area (Å²) in [5, 5.41) is 0.765. The van der Waals surface area contributed by atoms with Gasteiger partial charge in [-0.25, -0.2) is 14.6 Å². The number of nitrogens with zero attached hydrogens (tertiary/aromatic N) is 1. The lowest BCUT2D eigenvalue weighted by Crippen LogP contribution is -2.09. The molecule has 1 aromatic carbocycles. The molecule has 0 saturated heterocycles. The average molecular weight is 309 g/mol. The number of benzene rings is 1. The molecule has 0 spiro atoms. The Bertz CT molecular complexity index is 929. The van der Waals surface area contributed by atoms with Crippen molar-refractivity contribution < 1.29 is 13.9 Å². The third-order valence-electron chi connectivity index (χ3n) is 3.68. The Labute approximate surface area is 132 Å². The first kappa shape index (κ1) is 15.0. The van der Waals surface area contributed by atoms with Crippen molar-refractivity contribution in [2.75, 3.05) is 0 Å². The van der Waals surface area contributed by atoms with Crippen LogP contribution in [0.4, 0.5) is 0 Å². The van der Waals surface area contributed by atoms with E-state index in [1.807, 2.05) is 26.0 Å². The van der Waals surface area contributed by atoms with Crippen molar-refractivity contribution in [2.45, 2.75) is 20.5 Å². The number of aryl methyl sites for hydroxylation is 2. The van der Waals surface area contributed by atoms with Gasteiger partial charge in [-0.3, -0.25) is 0 Å². The predicted molar refractivity (Wildman–Crippen MR) is 85.3 cm³/mol. The van der Waals surface area contributed by atoms with Crippen LogP contribution in [0.2, 0.25) is 0 Å². The number of hydrogen-bond acceptors (Lipinski definition) is 5. The number of fused-ring (bicyclic) bond motifs is 1. The molecule has 116 valence electrons. The average Bonchev–Trinajstić information content (AvgIpc) is 2.55. The molecule has 2 aromatic heterocycles. The summed E-state index contributed by atoms with van der Waals surface area (Å²) in [4.78, 5) is 27.6. The topological polar surface area (TPSA) is 69.4 Å². The van der Waals surface area contributed by atoms with Gasteiger partial charge in [0.15, 0.2) is 0 Å². The second-order valence-corrected chi connectivity index (χ2v) is 5.31. The van der Waals surface area contributed by atoms with Crippen molar-refractivity contribution in [2.24, 2.45) is 0 Å². The van der Waals surface area contributed by atoms with E-state index < -0.39 is 11.6 Å². The minimum absolute atomic E-state index is 0.0139. The Morgan fingerprint density at radius 3 is 2.70 bits per heavy atom. The summed E-state index contributed by atoms with van der Waals surface area (Å²) in [7, 11) is 0. The molecular formula is C18H15NO4. The van der Waals surface area contributed by atoms with E-state index >= 15 is 0 Å². The van der Waals surface area contributed by atoms with E-state index in [4.69, 9.17) is 9.15 Å². The molecule has 23 heavy (non-hydrogen) atoms. The zero-order valence-corrected chi connectivity index (χ0v) is 12.8. The third-order valence-corrected chi connectivity index (χ3v) is 3.68. The van der Waals surface area contributed by atoms with Crippen LogP contribution in [0.15, 0.2) is 51.8 Å². The van der Waals surface area contributed by atoms with Crippen LogP contribution >= 0.6 is 0 Å². The molecule has 0 bridgehead atoms. The van der Waals surface area contributed by atoms with Crippen molar-refractivity contribution in [3.63, 3.8) is 0 Å². The minimum Gasteiger partial charge on any atom is -0.456 e. The number of rotatable bonds is 3. The first-order chi connectivity index (χ1) is 11.0. The molecule has 3 rings (SSSR count). The van der Waals surface area contributed by atoms with Gasteiger partial charge in [-0.05, 0) is 49.2 Å². The maximum atomic E-state index is 12.0. The first-order valence-electron chi connectivity index (χ1n) is 7.17. The fraction of sp³-hybridized carbons (Fsp3) is 0.167. The fourth-order valence-electron chi connectivity index (χ4n) is 2.30. The van der Waals surface area contributed by atoms with Crippen LogP contribution in [0, 0.1) is 13.8 Å². The summed E-state index contributed by atoms with van der Waals surface area (Å²) in [5.41, 5.74) is 2.97. The zero-order valence-electron chi connectivity index (χ0n) is 12.8.